The lowest BCUT2D eigenvalue weighted by Gasteiger charge is -2.20. The minimum absolute atomic E-state index is 0.00570. The third kappa shape index (κ3) is 6.23. The third-order valence-corrected chi connectivity index (χ3v) is 6.12. The molecule has 1 fully saturated rings. The van der Waals surface area contributed by atoms with Gasteiger partial charge in [0.2, 0.25) is 5.91 Å². The SMILES string of the molecule is CCNC(=NCCS(=O)(=O)c1ccccc1)NC1CCN(C(=O)C(C)C)C1. The summed E-state index contributed by atoms with van der Waals surface area (Å²) in [6.45, 7) is 8.00. The Kier molecular flexibility index (Phi) is 7.65. The fourth-order valence-corrected chi connectivity index (χ4v) is 4.12. The highest BCUT2D eigenvalue weighted by Gasteiger charge is 2.28. The summed E-state index contributed by atoms with van der Waals surface area (Å²) in [6.07, 6.45) is 0.852. The van der Waals surface area contributed by atoms with Crippen LogP contribution in [0.15, 0.2) is 40.2 Å². The highest BCUT2D eigenvalue weighted by atomic mass is 32.2. The number of guanidine groups is 1. The highest BCUT2D eigenvalue weighted by Crippen LogP contribution is 2.13. The summed E-state index contributed by atoms with van der Waals surface area (Å²) in [4.78, 5) is 18.7. The van der Waals surface area contributed by atoms with Gasteiger partial charge in [0.05, 0.1) is 17.2 Å². The van der Waals surface area contributed by atoms with Crippen LogP contribution in [0.2, 0.25) is 0 Å². The zero-order valence-corrected chi connectivity index (χ0v) is 17.1. The molecule has 1 aromatic rings. The van der Waals surface area contributed by atoms with Crippen molar-refractivity contribution in [1.29, 1.82) is 0 Å². The van der Waals surface area contributed by atoms with Crippen molar-refractivity contribution < 1.29 is 13.2 Å². The van der Waals surface area contributed by atoms with E-state index in [0.29, 0.717) is 23.9 Å². The first kappa shape index (κ1) is 21.2. The molecule has 0 aliphatic carbocycles. The van der Waals surface area contributed by atoms with Crippen molar-refractivity contribution >= 4 is 21.7 Å². The quantitative estimate of drug-likeness (QED) is 0.537. The molecule has 0 saturated carbocycles. The van der Waals surface area contributed by atoms with Crippen molar-refractivity contribution in [2.75, 3.05) is 31.9 Å². The van der Waals surface area contributed by atoms with Gasteiger partial charge in [-0.3, -0.25) is 9.79 Å². The lowest BCUT2D eigenvalue weighted by Crippen LogP contribution is -2.45. The van der Waals surface area contributed by atoms with Crippen LogP contribution in [-0.2, 0) is 14.6 Å². The van der Waals surface area contributed by atoms with Crippen molar-refractivity contribution in [3.8, 4) is 0 Å². The normalized spacial score (nSPS) is 18.0. The van der Waals surface area contributed by atoms with Crippen LogP contribution in [0, 0.1) is 5.92 Å². The molecule has 7 nitrogen and oxygen atoms in total. The molecule has 1 aliphatic heterocycles. The van der Waals surface area contributed by atoms with Crippen molar-refractivity contribution in [3.05, 3.63) is 30.3 Å². The Morgan fingerprint density at radius 1 is 1.30 bits per heavy atom. The van der Waals surface area contributed by atoms with Gasteiger partial charge in [-0.15, -0.1) is 0 Å². The Morgan fingerprint density at radius 3 is 2.63 bits per heavy atom. The number of carbonyl (C=O) groups excluding carboxylic acids is 1. The zero-order valence-electron chi connectivity index (χ0n) is 16.3. The summed E-state index contributed by atoms with van der Waals surface area (Å²) in [6, 6.07) is 8.54. The van der Waals surface area contributed by atoms with E-state index in [2.05, 4.69) is 15.6 Å². The molecule has 1 saturated heterocycles. The molecule has 8 heteroatoms. The van der Waals surface area contributed by atoms with Crippen LogP contribution in [0.3, 0.4) is 0 Å². The minimum Gasteiger partial charge on any atom is -0.357 e. The fourth-order valence-electron chi connectivity index (χ4n) is 2.98. The number of benzene rings is 1. The molecular weight excluding hydrogens is 364 g/mol. The molecule has 1 heterocycles. The Balaban J connectivity index is 1.92. The van der Waals surface area contributed by atoms with Crippen LogP contribution in [0.5, 0.6) is 0 Å². The van der Waals surface area contributed by atoms with E-state index in [-0.39, 0.29) is 30.2 Å². The van der Waals surface area contributed by atoms with Gasteiger partial charge in [0.25, 0.3) is 0 Å². The van der Waals surface area contributed by atoms with Gasteiger partial charge in [-0.1, -0.05) is 32.0 Å². The predicted octanol–water partition coefficient (Wildman–Crippen LogP) is 1.27. The second kappa shape index (κ2) is 9.73. The Morgan fingerprint density at radius 2 is 2.00 bits per heavy atom. The number of likely N-dealkylation sites (tertiary alicyclic amines) is 1. The Hall–Kier alpha value is -2.09. The van der Waals surface area contributed by atoms with E-state index < -0.39 is 9.84 Å². The maximum atomic E-state index is 12.3. The second-order valence-corrected chi connectivity index (χ2v) is 9.07. The third-order valence-electron chi connectivity index (χ3n) is 4.41. The Bertz CT molecular complexity index is 747. The van der Waals surface area contributed by atoms with Gasteiger partial charge in [0.1, 0.15) is 0 Å². The first-order chi connectivity index (χ1) is 12.8. The predicted molar refractivity (Wildman–Crippen MR) is 107 cm³/mol. The van der Waals surface area contributed by atoms with Gasteiger partial charge in [-0.2, -0.15) is 0 Å². The maximum Gasteiger partial charge on any atom is 0.225 e. The lowest BCUT2D eigenvalue weighted by atomic mass is 10.2. The van der Waals surface area contributed by atoms with Crippen LogP contribution in [-0.4, -0.2) is 63.2 Å². The number of amides is 1. The molecular formula is C19H30N4O3S. The molecule has 2 N–H and O–H groups in total. The van der Waals surface area contributed by atoms with Gasteiger partial charge in [0, 0.05) is 31.6 Å². The molecule has 1 unspecified atom stereocenters. The van der Waals surface area contributed by atoms with E-state index in [0.717, 1.165) is 13.0 Å². The van der Waals surface area contributed by atoms with Gasteiger partial charge >= 0.3 is 0 Å². The molecule has 1 amide bonds. The minimum atomic E-state index is -3.34. The van der Waals surface area contributed by atoms with Gasteiger partial charge in [0.15, 0.2) is 15.8 Å². The molecule has 0 spiro atoms. The number of rotatable bonds is 7. The van der Waals surface area contributed by atoms with Gasteiger partial charge in [-0.05, 0) is 25.5 Å². The molecule has 150 valence electrons. The van der Waals surface area contributed by atoms with Crippen LogP contribution < -0.4 is 10.6 Å². The van der Waals surface area contributed by atoms with Crippen LogP contribution in [0.25, 0.3) is 0 Å². The summed E-state index contributed by atoms with van der Waals surface area (Å²) in [5.74, 6) is 0.699. The molecule has 1 atom stereocenters. The summed E-state index contributed by atoms with van der Waals surface area (Å²) in [5, 5.41) is 6.46. The number of hydrogen-bond acceptors (Lipinski definition) is 4. The van der Waals surface area contributed by atoms with Gasteiger partial charge in [-0.25, -0.2) is 8.42 Å². The average Bonchev–Trinajstić information content (AvgIpc) is 3.10. The second-order valence-electron chi connectivity index (χ2n) is 6.96. The number of nitrogens with one attached hydrogen (secondary N) is 2. The topological polar surface area (TPSA) is 90.9 Å². The van der Waals surface area contributed by atoms with Crippen molar-refractivity contribution in [2.24, 2.45) is 10.9 Å². The smallest absolute Gasteiger partial charge is 0.225 e. The number of carbonyl (C=O) groups is 1. The van der Waals surface area contributed by atoms with E-state index in [4.69, 9.17) is 0 Å². The van der Waals surface area contributed by atoms with E-state index in [1.807, 2.05) is 25.7 Å². The van der Waals surface area contributed by atoms with Crippen LogP contribution >= 0.6 is 0 Å². The van der Waals surface area contributed by atoms with Crippen molar-refractivity contribution in [1.82, 2.24) is 15.5 Å². The van der Waals surface area contributed by atoms with Crippen molar-refractivity contribution in [3.63, 3.8) is 0 Å². The highest BCUT2D eigenvalue weighted by molar-refractivity contribution is 7.91. The lowest BCUT2D eigenvalue weighted by molar-refractivity contribution is -0.133. The fraction of sp³-hybridized carbons (Fsp3) is 0.579. The van der Waals surface area contributed by atoms with Crippen LogP contribution in [0.1, 0.15) is 27.2 Å². The largest absolute Gasteiger partial charge is 0.357 e. The molecule has 1 aromatic carbocycles. The average molecular weight is 395 g/mol. The summed E-state index contributed by atoms with van der Waals surface area (Å²) >= 11 is 0. The molecule has 0 radical (unpaired) electrons. The number of aliphatic imine (C=N–C) groups is 1. The first-order valence-corrected chi connectivity index (χ1v) is 11.1. The zero-order chi connectivity index (χ0) is 19.9. The van der Waals surface area contributed by atoms with Crippen LogP contribution in [0.4, 0.5) is 0 Å². The molecule has 27 heavy (non-hydrogen) atoms. The summed E-state index contributed by atoms with van der Waals surface area (Å²) in [7, 11) is -3.34. The standard InChI is InChI=1S/C19H30N4O3S/c1-4-20-19(22-16-10-12-23(14-16)18(24)15(2)3)21-11-13-27(25,26)17-8-6-5-7-9-17/h5-9,15-16H,4,10-14H2,1-3H3,(H2,20,21,22). The van der Waals surface area contributed by atoms with Gasteiger partial charge < -0.3 is 15.5 Å². The molecule has 2 rings (SSSR count). The van der Waals surface area contributed by atoms with E-state index >= 15 is 0 Å². The maximum absolute atomic E-state index is 12.3. The molecule has 1 aliphatic rings. The number of sulfone groups is 1. The van der Waals surface area contributed by atoms with E-state index in [9.17, 15) is 13.2 Å². The number of nitrogens with zero attached hydrogens (tertiary/aromatic N) is 2. The Labute approximate surface area is 162 Å². The first-order valence-electron chi connectivity index (χ1n) is 9.45. The molecule has 0 bridgehead atoms. The number of hydrogen-bond donors (Lipinski definition) is 2. The monoisotopic (exact) mass is 394 g/mol. The molecule has 0 aromatic heterocycles. The van der Waals surface area contributed by atoms with E-state index in [1.165, 1.54) is 0 Å². The summed E-state index contributed by atoms with van der Waals surface area (Å²) < 4.78 is 24.7. The van der Waals surface area contributed by atoms with Crippen molar-refractivity contribution in [2.45, 2.75) is 38.1 Å². The summed E-state index contributed by atoms with van der Waals surface area (Å²) in [5.41, 5.74) is 0. The van der Waals surface area contributed by atoms with E-state index in [1.54, 1.807) is 30.3 Å².